The van der Waals surface area contributed by atoms with Gasteiger partial charge in [-0.3, -0.25) is 5.32 Å². The Balaban J connectivity index is 1.43. The Bertz CT molecular complexity index is 1180. The Morgan fingerprint density at radius 1 is 0.733 bits per heavy atom. The molecule has 0 spiro atoms. The van der Waals surface area contributed by atoms with Crippen LogP contribution in [-0.2, 0) is 21.9 Å². The molecule has 3 aromatic rings. The zero-order chi connectivity index (χ0) is 20.2. The third kappa shape index (κ3) is 1.93. The van der Waals surface area contributed by atoms with Crippen LogP contribution in [0.2, 0.25) is 0 Å². The van der Waals surface area contributed by atoms with Crippen LogP contribution in [0.25, 0.3) is 0 Å². The van der Waals surface area contributed by atoms with Crippen molar-refractivity contribution >= 4 is 0 Å². The SMILES string of the molecule is CC12N[C@@](C)(c3ccccc31)C1C[C@]1(CC1(c3ccccc3)CC1)c1ccccc12. The van der Waals surface area contributed by atoms with Crippen LogP contribution in [0.4, 0.5) is 0 Å². The summed E-state index contributed by atoms with van der Waals surface area (Å²) in [5.41, 5.74) is 8.28. The van der Waals surface area contributed by atoms with Crippen molar-refractivity contribution in [2.75, 3.05) is 0 Å². The first kappa shape index (κ1) is 17.3. The Labute approximate surface area is 179 Å². The van der Waals surface area contributed by atoms with E-state index in [1.54, 1.807) is 11.1 Å². The average molecular weight is 392 g/mol. The highest BCUT2D eigenvalue weighted by molar-refractivity contribution is 5.60. The fourth-order valence-electron chi connectivity index (χ4n) is 7.63. The lowest BCUT2D eigenvalue weighted by molar-refractivity contribution is 0.269. The average Bonchev–Trinajstić information content (AvgIpc) is 3.70. The maximum Gasteiger partial charge on any atom is 0.0675 e. The van der Waals surface area contributed by atoms with Crippen LogP contribution in [0.5, 0.6) is 0 Å². The molecule has 2 bridgehead atoms. The zero-order valence-electron chi connectivity index (χ0n) is 17.9. The van der Waals surface area contributed by atoms with E-state index in [0.29, 0.717) is 11.3 Å². The van der Waals surface area contributed by atoms with Crippen molar-refractivity contribution in [2.45, 2.75) is 61.4 Å². The van der Waals surface area contributed by atoms with Crippen LogP contribution in [-0.4, -0.2) is 0 Å². The molecule has 1 heterocycles. The van der Waals surface area contributed by atoms with Crippen molar-refractivity contribution in [3.63, 3.8) is 0 Å². The molecule has 2 fully saturated rings. The first-order chi connectivity index (χ1) is 14.5. The molecule has 2 unspecified atom stereocenters. The van der Waals surface area contributed by atoms with Gasteiger partial charge in [-0.2, -0.15) is 0 Å². The van der Waals surface area contributed by atoms with Gasteiger partial charge in [-0.25, -0.2) is 0 Å². The summed E-state index contributed by atoms with van der Waals surface area (Å²) in [7, 11) is 0. The highest BCUT2D eigenvalue weighted by Gasteiger charge is 2.72. The molecule has 0 amide bonds. The van der Waals surface area contributed by atoms with Gasteiger partial charge in [0, 0.05) is 11.0 Å². The van der Waals surface area contributed by atoms with Crippen molar-refractivity contribution in [1.29, 1.82) is 0 Å². The molecule has 1 heteroatoms. The van der Waals surface area contributed by atoms with Crippen molar-refractivity contribution in [3.05, 3.63) is 107 Å². The number of hydrogen-bond donors (Lipinski definition) is 1. The van der Waals surface area contributed by atoms with Gasteiger partial charge in [0.25, 0.3) is 0 Å². The molecular weight excluding hydrogens is 362 g/mol. The Kier molecular flexibility index (Phi) is 3.04. The Hall–Kier alpha value is -2.38. The lowest BCUT2D eigenvalue weighted by Gasteiger charge is -2.32. The molecule has 1 nitrogen and oxygen atoms in total. The number of nitrogens with one attached hydrogen (secondary N) is 1. The Morgan fingerprint density at radius 2 is 1.30 bits per heavy atom. The molecule has 7 rings (SSSR count). The minimum absolute atomic E-state index is 0.0388. The number of fused-ring (bicyclic) bond motifs is 5. The first-order valence-electron chi connectivity index (χ1n) is 11.6. The molecule has 0 radical (unpaired) electrons. The summed E-state index contributed by atoms with van der Waals surface area (Å²) >= 11 is 0. The van der Waals surface area contributed by atoms with Crippen molar-refractivity contribution in [3.8, 4) is 0 Å². The van der Waals surface area contributed by atoms with E-state index in [1.807, 2.05) is 0 Å². The summed E-state index contributed by atoms with van der Waals surface area (Å²) in [6, 6.07) is 29.9. The largest absolute Gasteiger partial charge is 0.294 e. The smallest absolute Gasteiger partial charge is 0.0675 e. The van der Waals surface area contributed by atoms with Gasteiger partial charge >= 0.3 is 0 Å². The van der Waals surface area contributed by atoms with Crippen LogP contribution >= 0.6 is 0 Å². The lowest BCUT2D eigenvalue weighted by Crippen LogP contribution is -2.45. The van der Waals surface area contributed by atoms with Crippen LogP contribution in [0, 0.1) is 5.92 Å². The quantitative estimate of drug-likeness (QED) is 0.564. The van der Waals surface area contributed by atoms with Gasteiger partial charge in [0.2, 0.25) is 0 Å². The maximum atomic E-state index is 4.19. The normalized spacial score (nSPS) is 36.3. The van der Waals surface area contributed by atoms with E-state index in [2.05, 4.69) is 98.0 Å². The fourth-order valence-corrected chi connectivity index (χ4v) is 7.63. The van der Waals surface area contributed by atoms with Gasteiger partial charge in [0.1, 0.15) is 0 Å². The second-order valence-electron chi connectivity index (χ2n) is 10.8. The van der Waals surface area contributed by atoms with E-state index >= 15 is 0 Å². The second kappa shape index (κ2) is 5.26. The monoisotopic (exact) mass is 391 g/mol. The third-order valence-corrected chi connectivity index (χ3v) is 9.20. The molecule has 0 saturated heterocycles. The summed E-state index contributed by atoms with van der Waals surface area (Å²) < 4.78 is 0. The van der Waals surface area contributed by atoms with Crippen molar-refractivity contribution in [1.82, 2.24) is 5.32 Å². The highest BCUT2D eigenvalue weighted by Crippen LogP contribution is 2.73. The van der Waals surface area contributed by atoms with E-state index < -0.39 is 0 Å². The minimum Gasteiger partial charge on any atom is -0.294 e. The van der Waals surface area contributed by atoms with Crippen LogP contribution in [0.3, 0.4) is 0 Å². The van der Waals surface area contributed by atoms with Crippen molar-refractivity contribution < 1.29 is 0 Å². The zero-order valence-corrected chi connectivity index (χ0v) is 17.9. The summed E-state index contributed by atoms with van der Waals surface area (Å²) in [5, 5.41) is 4.19. The molecule has 0 aromatic heterocycles. The molecule has 2 saturated carbocycles. The van der Waals surface area contributed by atoms with Crippen LogP contribution < -0.4 is 5.32 Å². The first-order valence-corrected chi connectivity index (χ1v) is 11.6. The van der Waals surface area contributed by atoms with Gasteiger partial charge in [0.05, 0.1) is 5.54 Å². The van der Waals surface area contributed by atoms with Gasteiger partial charge in [0.15, 0.2) is 0 Å². The third-order valence-electron chi connectivity index (χ3n) is 9.20. The molecule has 4 aliphatic rings. The second-order valence-corrected chi connectivity index (χ2v) is 10.8. The fraction of sp³-hybridized carbons (Fsp3) is 0.379. The molecule has 150 valence electrons. The maximum absolute atomic E-state index is 4.19. The summed E-state index contributed by atoms with van der Waals surface area (Å²) in [6.07, 6.45) is 5.27. The standard InChI is InChI=1S/C29H29N/c1-26-21-12-6-7-13-22(21)27(2,30-26)25-18-29(25,24-15-9-8-14-23(24)26)19-28(16-17-28)20-10-4-3-5-11-20/h3-15,25,30H,16-19H2,1-2H3/t25?,26?,27-,29-/m0/s1. The molecule has 3 aliphatic carbocycles. The number of benzene rings is 3. The number of hydrogen-bond acceptors (Lipinski definition) is 1. The molecular formula is C29H29N. The van der Waals surface area contributed by atoms with E-state index in [4.69, 9.17) is 0 Å². The van der Waals surface area contributed by atoms with E-state index in [-0.39, 0.29) is 16.5 Å². The summed E-state index contributed by atoms with van der Waals surface area (Å²) in [4.78, 5) is 0. The number of rotatable bonds is 3. The highest BCUT2D eigenvalue weighted by atomic mass is 15.1. The molecule has 4 atom stereocenters. The molecule has 3 aromatic carbocycles. The van der Waals surface area contributed by atoms with Gasteiger partial charge in [-0.1, -0.05) is 78.9 Å². The molecule has 1 aliphatic heterocycles. The topological polar surface area (TPSA) is 12.0 Å². The van der Waals surface area contributed by atoms with Crippen LogP contribution in [0.15, 0.2) is 78.9 Å². The van der Waals surface area contributed by atoms with Gasteiger partial charge in [-0.05, 0) is 78.7 Å². The minimum atomic E-state index is -0.105. The molecule has 1 N–H and O–H groups in total. The predicted molar refractivity (Wildman–Crippen MR) is 122 cm³/mol. The Morgan fingerprint density at radius 3 is 1.97 bits per heavy atom. The molecule has 30 heavy (non-hydrogen) atoms. The summed E-state index contributed by atoms with van der Waals surface area (Å²) in [6.45, 7) is 4.90. The van der Waals surface area contributed by atoms with Crippen LogP contribution in [0.1, 0.15) is 67.3 Å². The van der Waals surface area contributed by atoms with E-state index in [9.17, 15) is 0 Å². The summed E-state index contributed by atoms with van der Waals surface area (Å²) in [5.74, 6) is 0.651. The van der Waals surface area contributed by atoms with Gasteiger partial charge in [-0.15, -0.1) is 0 Å². The van der Waals surface area contributed by atoms with E-state index in [1.165, 1.54) is 42.4 Å². The van der Waals surface area contributed by atoms with E-state index in [0.717, 1.165) is 0 Å². The van der Waals surface area contributed by atoms with Crippen molar-refractivity contribution in [2.24, 2.45) is 5.92 Å². The predicted octanol–water partition coefficient (Wildman–Crippen LogP) is 6.16. The lowest BCUT2D eigenvalue weighted by atomic mass is 9.70. The van der Waals surface area contributed by atoms with Gasteiger partial charge < -0.3 is 0 Å².